The van der Waals surface area contributed by atoms with Gasteiger partial charge in [0.15, 0.2) is 9.84 Å². The molecule has 30 heavy (non-hydrogen) atoms. The SMILES string of the molecule is CCCC(CCC)S(=O)(=O)C[C@@H](C)C(=O)NC[C@H](O)CNCc1cccc(CC)c1. The van der Waals surface area contributed by atoms with E-state index in [1.165, 1.54) is 5.56 Å². The van der Waals surface area contributed by atoms with E-state index >= 15 is 0 Å². The number of hydrogen-bond acceptors (Lipinski definition) is 5. The van der Waals surface area contributed by atoms with E-state index in [-0.39, 0.29) is 23.5 Å². The van der Waals surface area contributed by atoms with Gasteiger partial charge in [-0.1, -0.05) is 64.8 Å². The van der Waals surface area contributed by atoms with Crippen LogP contribution in [0.2, 0.25) is 0 Å². The molecule has 0 fully saturated rings. The van der Waals surface area contributed by atoms with Crippen LogP contribution in [-0.4, -0.2) is 49.6 Å². The maximum absolute atomic E-state index is 12.6. The summed E-state index contributed by atoms with van der Waals surface area (Å²) in [7, 11) is -3.32. The fourth-order valence-electron chi connectivity index (χ4n) is 3.52. The molecule has 1 amide bonds. The molecule has 7 heteroatoms. The van der Waals surface area contributed by atoms with E-state index in [2.05, 4.69) is 29.7 Å². The van der Waals surface area contributed by atoms with E-state index in [1.807, 2.05) is 26.0 Å². The first-order valence-electron chi connectivity index (χ1n) is 11.2. The van der Waals surface area contributed by atoms with Crippen LogP contribution in [0, 0.1) is 5.92 Å². The average molecular weight is 441 g/mol. The molecule has 2 atom stereocenters. The lowest BCUT2D eigenvalue weighted by Crippen LogP contribution is -2.41. The highest BCUT2D eigenvalue weighted by Gasteiger charge is 2.28. The molecule has 0 heterocycles. The van der Waals surface area contributed by atoms with Crippen molar-refractivity contribution in [3.8, 4) is 0 Å². The van der Waals surface area contributed by atoms with Crippen molar-refractivity contribution in [2.45, 2.75) is 77.7 Å². The van der Waals surface area contributed by atoms with Gasteiger partial charge in [0.2, 0.25) is 5.91 Å². The fraction of sp³-hybridized carbons (Fsp3) is 0.696. The number of aliphatic hydroxyl groups excluding tert-OH is 1. The van der Waals surface area contributed by atoms with Gasteiger partial charge in [0, 0.05) is 25.6 Å². The zero-order valence-electron chi connectivity index (χ0n) is 19.0. The Balaban J connectivity index is 2.40. The molecule has 1 aromatic carbocycles. The summed E-state index contributed by atoms with van der Waals surface area (Å²) in [5, 5.41) is 15.6. The summed E-state index contributed by atoms with van der Waals surface area (Å²) in [4.78, 5) is 12.3. The predicted molar refractivity (Wildman–Crippen MR) is 123 cm³/mol. The molecule has 0 aromatic heterocycles. The normalized spacial score (nSPS) is 13.9. The second-order valence-electron chi connectivity index (χ2n) is 8.13. The van der Waals surface area contributed by atoms with Crippen LogP contribution in [0.3, 0.4) is 0 Å². The Bertz CT molecular complexity index is 730. The zero-order chi connectivity index (χ0) is 22.6. The quantitative estimate of drug-likeness (QED) is 0.390. The molecule has 1 aromatic rings. The van der Waals surface area contributed by atoms with Gasteiger partial charge in [-0.25, -0.2) is 8.42 Å². The van der Waals surface area contributed by atoms with Crippen molar-refractivity contribution < 1.29 is 18.3 Å². The third-order valence-electron chi connectivity index (χ3n) is 5.28. The summed E-state index contributed by atoms with van der Waals surface area (Å²) in [5.41, 5.74) is 2.42. The smallest absolute Gasteiger partial charge is 0.223 e. The Kier molecular flexibility index (Phi) is 12.2. The van der Waals surface area contributed by atoms with Crippen LogP contribution in [0.4, 0.5) is 0 Å². The Morgan fingerprint density at radius 3 is 2.30 bits per heavy atom. The number of aliphatic hydroxyl groups is 1. The van der Waals surface area contributed by atoms with E-state index in [4.69, 9.17) is 0 Å². The van der Waals surface area contributed by atoms with Crippen molar-refractivity contribution in [1.82, 2.24) is 10.6 Å². The van der Waals surface area contributed by atoms with Crippen LogP contribution in [-0.2, 0) is 27.6 Å². The number of sulfone groups is 1. The van der Waals surface area contributed by atoms with Crippen molar-refractivity contribution in [3.63, 3.8) is 0 Å². The summed E-state index contributed by atoms with van der Waals surface area (Å²) in [6.45, 7) is 8.78. The van der Waals surface area contributed by atoms with Gasteiger partial charge in [0.05, 0.1) is 17.1 Å². The highest BCUT2D eigenvalue weighted by Crippen LogP contribution is 2.18. The number of aryl methyl sites for hydroxylation is 1. The monoisotopic (exact) mass is 440 g/mol. The van der Waals surface area contributed by atoms with Gasteiger partial charge in [-0.2, -0.15) is 0 Å². The highest BCUT2D eigenvalue weighted by molar-refractivity contribution is 7.92. The number of benzene rings is 1. The lowest BCUT2D eigenvalue weighted by atomic mass is 10.1. The summed E-state index contributed by atoms with van der Waals surface area (Å²) >= 11 is 0. The van der Waals surface area contributed by atoms with E-state index in [9.17, 15) is 18.3 Å². The fourth-order valence-corrected chi connectivity index (χ4v) is 5.83. The second-order valence-corrected chi connectivity index (χ2v) is 10.5. The van der Waals surface area contributed by atoms with Gasteiger partial charge < -0.3 is 15.7 Å². The molecule has 0 radical (unpaired) electrons. The van der Waals surface area contributed by atoms with Gasteiger partial charge in [0.1, 0.15) is 0 Å². The van der Waals surface area contributed by atoms with Crippen LogP contribution in [0.25, 0.3) is 0 Å². The molecule has 0 saturated carbocycles. The summed E-state index contributed by atoms with van der Waals surface area (Å²) in [5.74, 6) is -1.12. The van der Waals surface area contributed by atoms with Crippen LogP contribution in [0.15, 0.2) is 24.3 Å². The third kappa shape index (κ3) is 9.58. The first kappa shape index (κ1) is 26.6. The minimum atomic E-state index is -3.32. The van der Waals surface area contributed by atoms with E-state index in [0.717, 1.165) is 24.8 Å². The molecular weight excluding hydrogens is 400 g/mol. The Hall–Kier alpha value is -1.44. The molecule has 6 nitrogen and oxygen atoms in total. The second kappa shape index (κ2) is 13.8. The number of amides is 1. The van der Waals surface area contributed by atoms with Gasteiger partial charge >= 0.3 is 0 Å². The summed E-state index contributed by atoms with van der Waals surface area (Å²) in [6, 6.07) is 8.27. The minimum Gasteiger partial charge on any atom is -0.390 e. The molecule has 1 rings (SSSR count). The van der Waals surface area contributed by atoms with Gasteiger partial charge in [-0.3, -0.25) is 4.79 Å². The topological polar surface area (TPSA) is 95.5 Å². The van der Waals surface area contributed by atoms with Crippen molar-refractivity contribution in [3.05, 3.63) is 35.4 Å². The van der Waals surface area contributed by atoms with Gasteiger partial charge in [0.25, 0.3) is 0 Å². The molecule has 0 aliphatic carbocycles. The number of rotatable bonds is 15. The number of carbonyl (C=O) groups excluding carboxylic acids is 1. The maximum atomic E-state index is 12.6. The van der Waals surface area contributed by atoms with Crippen molar-refractivity contribution in [1.29, 1.82) is 0 Å². The molecule has 0 unspecified atom stereocenters. The Morgan fingerprint density at radius 1 is 1.07 bits per heavy atom. The first-order chi connectivity index (χ1) is 14.2. The van der Waals surface area contributed by atoms with E-state index in [1.54, 1.807) is 6.92 Å². The van der Waals surface area contributed by atoms with Crippen LogP contribution in [0.1, 0.15) is 64.5 Å². The minimum absolute atomic E-state index is 0.0958. The Morgan fingerprint density at radius 2 is 1.70 bits per heavy atom. The zero-order valence-corrected chi connectivity index (χ0v) is 19.8. The predicted octanol–water partition coefficient (Wildman–Crippen LogP) is 2.84. The lowest BCUT2D eigenvalue weighted by Gasteiger charge is -2.20. The summed E-state index contributed by atoms with van der Waals surface area (Å²) < 4.78 is 25.3. The standard InChI is InChI=1S/C23H40N2O4S/c1-5-9-22(10-6-2)30(28,29)17-18(4)23(27)25-16-21(26)15-24-14-20-12-8-11-19(7-3)13-20/h8,11-13,18,21-22,24,26H,5-7,9-10,14-17H2,1-4H3,(H,25,27)/t18-,21-/m1/s1. The van der Waals surface area contributed by atoms with Crippen molar-refractivity contribution in [2.75, 3.05) is 18.8 Å². The molecular formula is C23H40N2O4S. The molecule has 0 bridgehead atoms. The average Bonchev–Trinajstić information content (AvgIpc) is 2.71. The molecule has 0 spiro atoms. The molecule has 172 valence electrons. The maximum Gasteiger partial charge on any atom is 0.223 e. The van der Waals surface area contributed by atoms with E-state index in [0.29, 0.717) is 25.9 Å². The van der Waals surface area contributed by atoms with E-state index < -0.39 is 21.9 Å². The van der Waals surface area contributed by atoms with Gasteiger partial charge in [-0.05, 0) is 30.4 Å². The van der Waals surface area contributed by atoms with Crippen LogP contribution >= 0.6 is 0 Å². The van der Waals surface area contributed by atoms with Crippen molar-refractivity contribution in [2.24, 2.45) is 5.92 Å². The summed E-state index contributed by atoms with van der Waals surface area (Å²) in [6.07, 6.45) is 3.14. The molecule has 3 N–H and O–H groups in total. The third-order valence-corrected chi connectivity index (χ3v) is 7.73. The molecule has 0 aliphatic rings. The Labute approximate surface area is 182 Å². The van der Waals surface area contributed by atoms with Crippen molar-refractivity contribution >= 4 is 15.7 Å². The number of nitrogens with one attached hydrogen (secondary N) is 2. The van der Waals surface area contributed by atoms with Crippen LogP contribution in [0.5, 0.6) is 0 Å². The highest BCUT2D eigenvalue weighted by atomic mass is 32.2. The molecule has 0 saturated heterocycles. The molecule has 0 aliphatic heterocycles. The number of hydrogen-bond donors (Lipinski definition) is 3. The lowest BCUT2D eigenvalue weighted by molar-refractivity contribution is -0.124. The van der Waals surface area contributed by atoms with Gasteiger partial charge in [-0.15, -0.1) is 0 Å². The number of carbonyl (C=O) groups is 1. The largest absolute Gasteiger partial charge is 0.390 e. The first-order valence-corrected chi connectivity index (χ1v) is 12.9. The van der Waals surface area contributed by atoms with Crippen LogP contribution < -0.4 is 10.6 Å².